The smallest absolute Gasteiger partial charge is 0.0666 e. The lowest BCUT2D eigenvalue weighted by molar-refractivity contribution is 0.190. The highest BCUT2D eigenvalue weighted by Crippen LogP contribution is 2.10. The Morgan fingerprint density at radius 3 is 2.69 bits per heavy atom. The molecule has 16 heavy (non-hydrogen) atoms. The number of hydrogen-bond acceptors (Lipinski definition) is 3. The summed E-state index contributed by atoms with van der Waals surface area (Å²) in [6.45, 7) is 7.17. The van der Waals surface area contributed by atoms with Gasteiger partial charge >= 0.3 is 0 Å². The minimum absolute atomic E-state index is 0.224. The second-order valence-corrected chi connectivity index (χ2v) is 4.13. The quantitative estimate of drug-likeness (QED) is 0.758. The summed E-state index contributed by atoms with van der Waals surface area (Å²) < 4.78 is 1.87. The predicted molar refractivity (Wildman–Crippen MR) is 65.2 cm³/mol. The molecule has 1 aromatic rings. The van der Waals surface area contributed by atoms with E-state index in [1.165, 1.54) is 11.3 Å². The van der Waals surface area contributed by atoms with Gasteiger partial charge in [-0.3, -0.25) is 9.58 Å². The van der Waals surface area contributed by atoms with Gasteiger partial charge in [0.2, 0.25) is 0 Å². The van der Waals surface area contributed by atoms with E-state index in [0.717, 1.165) is 32.5 Å². The SMILES string of the molecule is CCCN(CCO)Cc1cn(C)nc1CC. The van der Waals surface area contributed by atoms with Crippen molar-refractivity contribution in [2.24, 2.45) is 7.05 Å². The highest BCUT2D eigenvalue weighted by Gasteiger charge is 2.10. The summed E-state index contributed by atoms with van der Waals surface area (Å²) in [6, 6.07) is 0. The topological polar surface area (TPSA) is 41.3 Å². The molecule has 1 aromatic heterocycles. The Bertz CT molecular complexity index is 303. The average Bonchev–Trinajstić information content (AvgIpc) is 2.59. The molecule has 92 valence electrons. The zero-order valence-corrected chi connectivity index (χ0v) is 10.6. The van der Waals surface area contributed by atoms with Crippen molar-refractivity contribution >= 4 is 0 Å². The summed E-state index contributed by atoms with van der Waals surface area (Å²) in [6.07, 6.45) is 4.16. The molecule has 0 fully saturated rings. The fourth-order valence-corrected chi connectivity index (χ4v) is 1.98. The molecule has 0 atom stereocenters. The third-order valence-corrected chi connectivity index (χ3v) is 2.68. The summed E-state index contributed by atoms with van der Waals surface area (Å²) in [5.74, 6) is 0. The number of aliphatic hydroxyl groups is 1. The second-order valence-electron chi connectivity index (χ2n) is 4.13. The zero-order valence-electron chi connectivity index (χ0n) is 10.6. The molecule has 0 radical (unpaired) electrons. The van der Waals surface area contributed by atoms with Crippen LogP contribution in [0, 0.1) is 0 Å². The van der Waals surface area contributed by atoms with E-state index in [0.29, 0.717) is 0 Å². The lowest BCUT2D eigenvalue weighted by Crippen LogP contribution is -2.27. The molecule has 0 aromatic carbocycles. The maximum atomic E-state index is 9.01. The fraction of sp³-hybridized carbons (Fsp3) is 0.750. The Hall–Kier alpha value is -0.870. The van der Waals surface area contributed by atoms with Gasteiger partial charge in [0, 0.05) is 31.9 Å². The Labute approximate surface area is 97.9 Å². The van der Waals surface area contributed by atoms with Gasteiger partial charge in [-0.05, 0) is 19.4 Å². The molecule has 4 nitrogen and oxygen atoms in total. The molecule has 0 bridgehead atoms. The van der Waals surface area contributed by atoms with Crippen LogP contribution >= 0.6 is 0 Å². The standard InChI is InChI=1S/C12H23N3O/c1-4-6-15(7-8-16)10-11-9-14(3)13-12(11)5-2/h9,16H,4-8,10H2,1-3H3. The van der Waals surface area contributed by atoms with Crippen LogP contribution in [0.25, 0.3) is 0 Å². The van der Waals surface area contributed by atoms with Crippen molar-refractivity contribution in [3.05, 3.63) is 17.5 Å². The van der Waals surface area contributed by atoms with Crippen LogP contribution in [0.4, 0.5) is 0 Å². The first-order chi connectivity index (χ1) is 7.71. The monoisotopic (exact) mass is 225 g/mol. The molecule has 1 heterocycles. The van der Waals surface area contributed by atoms with E-state index in [1.807, 2.05) is 11.7 Å². The van der Waals surface area contributed by atoms with E-state index in [4.69, 9.17) is 5.11 Å². The normalized spacial score (nSPS) is 11.3. The zero-order chi connectivity index (χ0) is 12.0. The molecule has 4 heteroatoms. The van der Waals surface area contributed by atoms with Crippen LogP contribution in [0.1, 0.15) is 31.5 Å². The highest BCUT2D eigenvalue weighted by atomic mass is 16.3. The van der Waals surface area contributed by atoms with Gasteiger partial charge < -0.3 is 5.11 Å². The van der Waals surface area contributed by atoms with Crippen LogP contribution in [-0.4, -0.2) is 39.5 Å². The molecule has 1 rings (SSSR count). The molecule has 0 amide bonds. The minimum atomic E-state index is 0.224. The first-order valence-electron chi connectivity index (χ1n) is 6.05. The molecule has 1 N–H and O–H groups in total. The van der Waals surface area contributed by atoms with Crippen molar-refractivity contribution in [1.29, 1.82) is 0 Å². The van der Waals surface area contributed by atoms with Gasteiger partial charge in [0.1, 0.15) is 0 Å². The van der Waals surface area contributed by atoms with Crippen molar-refractivity contribution in [2.75, 3.05) is 19.7 Å². The number of hydrogen-bond donors (Lipinski definition) is 1. The van der Waals surface area contributed by atoms with E-state index in [9.17, 15) is 0 Å². The van der Waals surface area contributed by atoms with E-state index >= 15 is 0 Å². The van der Waals surface area contributed by atoms with Crippen molar-refractivity contribution in [3.8, 4) is 0 Å². The molecule has 0 aliphatic carbocycles. The number of nitrogens with zero attached hydrogens (tertiary/aromatic N) is 3. The molecule has 0 unspecified atom stereocenters. The fourth-order valence-electron chi connectivity index (χ4n) is 1.98. The Morgan fingerprint density at radius 2 is 2.12 bits per heavy atom. The van der Waals surface area contributed by atoms with Crippen LogP contribution in [0.3, 0.4) is 0 Å². The lowest BCUT2D eigenvalue weighted by atomic mass is 10.2. The Morgan fingerprint density at radius 1 is 1.38 bits per heavy atom. The molecule has 0 saturated carbocycles. The van der Waals surface area contributed by atoms with Crippen molar-refractivity contribution < 1.29 is 5.11 Å². The van der Waals surface area contributed by atoms with Crippen molar-refractivity contribution in [2.45, 2.75) is 33.2 Å². The van der Waals surface area contributed by atoms with Crippen LogP contribution in [-0.2, 0) is 20.0 Å². The lowest BCUT2D eigenvalue weighted by Gasteiger charge is -2.20. The Balaban J connectivity index is 2.67. The number of aliphatic hydroxyl groups excluding tert-OH is 1. The van der Waals surface area contributed by atoms with Crippen LogP contribution < -0.4 is 0 Å². The Kier molecular flexibility index (Phi) is 5.49. The third-order valence-electron chi connectivity index (χ3n) is 2.68. The van der Waals surface area contributed by atoms with E-state index in [1.54, 1.807) is 0 Å². The third kappa shape index (κ3) is 3.61. The number of rotatable bonds is 7. The number of aromatic nitrogens is 2. The first-order valence-corrected chi connectivity index (χ1v) is 6.05. The van der Waals surface area contributed by atoms with Crippen LogP contribution in [0.5, 0.6) is 0 Å². The molecule has 0 saturated heterocycles. The highest BCUT2D eigenvalue weighted by molar-refractivity contribution is 5.16. The van der Waals surface area contributed by atoms with Gasteiger partial charge in [0.25, 0.3) is 0 Å². The largest absolute Gasteiger partial charge is 0.395 e. The van der Waals surface area contributed by atoms with Gasteiger partial charge in [-0.25, -0.2) is 0 Å². The van der Waals surface area contributed by atoms with Crippen molar-refractivity contribution in [1.82, 2.24) is 14.7 Å². The van der Waals surface area contributed by atoms with E-state index < -0.39 is 0 Å². The molecule has 0 spiro atoms. The van der Waals surface area contributed by atoms with Gasteiger partial charge in [-0.2, -0.15) is 5.10 Å². The summed E-state index contributed by atoms with van der Waals surface area (Å²) in [5.41, 5.74) is 2.45. The summed E-state index contributed by atoms with van der Waals surface area (Å²) in [5, 5.41) is 13.4. The maximum absolute atomic E-state index is 9.01. The van der Waals surface area contributed by atoms with Gasteiger partial charge in [0.15, 0.2) is 0 Å². The predicted octanol–water partition coefficient (Wildman–Crippen LogP) is 1.19. The summed E-state index contributed by atoms with van der Waals surface area (Å²) in [4.78, 5) is 2.27. The van der Waals surface area contributed by atoms with Crippen LogP contribution in [0.2, 0.25) is 0 Å². The molecule has 0 aliphatic heterocycles. The minimum Gasteiger partial charge on any atom is -0.395 e. The first kappa shape index (κ1) is 13.2. The average molecular weight is 225 g/mol. The van der Waals surface area contributed by atoms with Gasteiger partial charge in [-0.15, -0.1) is 0 Å². The van der Waals surface area contributed by atoms with Gasteiger partial charge in [-0.1, -0.05) is 13.8 Å². The van der Waals surface area contributed by atoms with Crippen molar-refractivity contribution in [3.63, 3.8) is 0 Å². The van der Waals surface area contributed by atoms with E-state index in [-0.39, 0.29) is 6.61 Å². The molecular weight excluding hydrogens is 202 g/mol. The summed E-state index contributed by atoms with van der Waals surface area (Å²) in [7, 11) is 1.96. The molecular formula is C12H23N3O. The second kappa shape index (κ2) is 6.66. The van der Waals surface area contributed by atoms with Crippen LogP contribution in [0.15, 0.2) is 6.20 Å². The maximum Gasteiger partial charge on any atom is 0.0666 e. The molecule has 0 aliphatic rings. The van der Waals surface area contributed by atoms with Gasteiger partial charge in [0.05, 0.1) is 12.3 Å². The number of aryl methyl sites for hydroxylation is 2. The van der Waals surface area contributed by atoms with E-state index in [2.05, 4.69) is 30.0 Å². The summed E-state index contributed by atoms with van der Waals surface area (Å²) >= 11 is 0.